The minimum atomic E-state index is -0.00712. The van der Waals surface area contributed by atoms with E-state index in [4.69, 9.17) is 14.2 Å². The molecule has 0 amide bonds. The van der Waals surface area contributed by atoms with Crippen molar-refractivity contribution in [2.75, 3.05) is 52.3 Å². The topological polar surface area (TPSA) is 39.7 Å². The number of ether oxygens (including phenoxy) is 3. The van der Waals surface area contributed by atoms with E-state index < -0.39 is 0 Å². The van der Waals surface area contributed by atoms with Crippen molar-refractivity contribution >= 4 is 8.58 Å². The Balaban J connectivity index is 3.25. The standard InChI is InChI=1S/C11H26NO3P/c1-4-14-11(15-5-2)10-16-9-7-12-6-8-13-3/h11-12,16H,4-10H2,1-3H3. The Bertz CT molecular complexity index is 132. The maximum atomic E-state index is 5.47. The second kappa shape index (κ2) is 13.3. The molecule has 0 rings (SSSR count). The Labute approximate surface area is 101 Å². The number of hydrogen-bond acceptors (Lipinski definition) is 4. The largest absolute Gasteiger partial charge is 0.383 e. The molecule has 4 nitrogen and oxygen atoms in total. The third-order valence-corrected chi connectivity index (χ3v) is 3.20. The minimum Gasteiger partial charge on any atom is -0.383 e. The van der Waals surface area contributed by atoms with E-state index in [-0.39, 0.29) is 6.29 Å². The molecule has 1 N–H and O–H groups in total. The van der Waals surface area contributed by atoms with Gasteiger partial charge in [-0.3, -0.25) is 0 Å². The summed E-state index contributed by atoms with van der Waals surface area (Å²) in [6.45, 7) is 8.21. The summed E-state index contributed by atoms with van der Waals surface area (Å²) < 4.78 is 15.9. The van der Waals surface area contributed by atoms with Crippen LogP contribution in [0.4, 0.5) is 0 Å². The van der Waals surface area contributed by atoms with Crippen LogP contribution in [0.15, 0.2) is 0 Å². The molecule has 98 valence electrons. The van der Waals surface area contributed by atoms with Gasteiger partial charge in [-0.05, 0) is 26.6 Å². The van der Waals surface area contributed by atoms with Crippen molar-refractivity contribution in [2.24, 2.45) is 0 Å². The number of hydrogen-bond donors (Lipinski definition) is 1. The zero-order valence-electron chi connectivity index (χ0n) is 10.8. The van der Waals surface area contributed by atoms with Gasteiger partial charge >= 0.3 is 0 Å². The number of rotatable bonds is 12. The predicted molar refractivity (Wildman–Crippen MR) is 69.8 cm³/mol. The molecule has 16 heavy (non-hydrogen) atoms. The summed E-state index contributed by atoms with van der Waals surface area (Å²) in [4.78, 5) is 0. The molecule has 0 fully saturated rings. The van der Waals surface area contributed by atoms with E-state index in [0.29, 0.717) is 0 Å². The van der Waals surface area contributed by atoms with Crippen LogP contribution in [-0.2, 0) is 14.2 Å². The van der Waals surface area contributed by atoms with Gasteiger partial charge in [0.15, 0.2) is 6.29 Å². The molecule has 0 spiro atoms. The Morgan fingerprint density at radius 3 is 2.38 bits per heavy atom. The van der Waals surface area contributed by atoms with Crippen molar-refractivity contribution in [1.29, 1.82) is 0 Å². The average Bonchev–Trinajstić information content (AvgIpc) is 2.28. The van der Waals surface area contributed by atoms with Gasteiger partial charge in [0.1, 0.15) is 0 Å². The second-order valence-electron chi connectivity index (χ2n) is 3.29. The molecule has 0 bridgehead atoms. The highest BCUT2D eigenvalue weighted by Gasteiger charge is 2.06. The fourth-order valence-electron chi connectivity index (χ4n) is 1.23. The Morgan fingerprint density at radius 2 is 1.81 bits per heavy atom. The van der Waals surface area contributed by atoms with Gasteiger partial charge in [0.05, 0.1) is 6.61 Å². The first-order valence-corrected chi connectivity index (χ1v) is 7.40. The Hall–Kier alpha value is 0.270. The lowest BCUT2D eigenvalue weighted by atomic mass is 10.6. The van der Waals surface area contributed by atoms with Crippen molar-refractivity contribution in [3.8, 4) is 0 Å². The van der Waals surface area contributed by atoms with E-state index in [1.165, 1.54) is 6.16 Å². The van der Waals surface area contributed by atoms with Crippen molar-refractivity contribution in [3.63, 3.8) is 0 Å². The van der Waals surface area contributed by atoms with Crippen LogP contribution < -0.4 is 5.32 Å². The highest BCUT2D eigenvalue weighted by Crippen LogP contribution is 2.13. The highest BCUT2D eigenvalue weighted by atomic mass is 31.1. The number of methoxy groups -OCH3 is 1. The Morgan fingerprint density at radius 1 is 1.12 bits per heavy atom. The van der Waals surface area contributed by atoms with Gasteiger partial charge < -0.3 is 19.5 Å². The zero-order chi connectivity index (χ0) is 12.1. The normalized spacial score (nSPS) is 12.0. The van der Waals surface area contributed by atoms with E-state index >= 15 is 0 Å². The molecule has 0 radical (unpaired) electrons. The Kier molecular flexibility index (Phi) is 13.6. The van der Waals surface area contributed by atoms with Gasteiger partial charge in [0, 0.05) is 33.0 Å². The van der Waals surface area contributed by atoms with Crippen molar-refractivity contribution in [3.05, 3.63) is 0 Å². The lowest BCUT2D eigenvalue weighted by molar-refractivity contribution is -0.120. The van der Waals surface area contributed by atoms with Gasteiger partial charge in [0.25, 0.3) is 0 Å². The fraction of sp³-hybridized carbons (Fsp3) is 1.00. The fourth-order valence-corrected chi connectivity index (χ4v) is 2.26. The first kappa shape index (κ1) is 16.3. The van der Waals surface area contributed by atoms with Gasteiger partial charge in [-0.15, -0.1) is 8.58 Å². The average molecular weight is 251 g/mol. The van der Waals surface area contributed by atoms with Gasteiger partial charge in [-0.25, -0.2) is 0 Å². The van der Waals surface area contributed by atoms with Gasteiger partial charge in [-0.2, -0.15) is 0 Å². The van der Waals surface area contributed by atoms with Crippen LogP contribution in [-0.4, -0.2) is 58.6 Å². The van der Waals surface area contributed by atoms with E-state index in [1.807, 2.05) is 13.8 Å². The minimum absolute atomic E-state index is 0.00712. The molecule has 0 heterocycles. The molecule has 0 aliphatic carbocycles. The molecule has 0 aromatic rings. The molecule has 0 aromatic carbocycles. The molecule has 1 unspecified atom stereocenters. The summed E-state index contributed by atoms with van der Waals surface area (Å²) in [6.07, 6.45) is 2.18. The van der Waals surface area contributed by atoms with E-state index in [2.05, 4.69) is 5.32 Å². The van der Waals surface area contributed by atoms with Gasteiger partial charge in [0.2, 0.25) is 0 Å². The van der Waals surface area contributed by atoms with Gasteiger partial charge in [-0.1, -0.05) is 0 Å². The monoisotopic (exact) mass is 251 g/mol. The lowest BCUT2D eigenvalue weighted by Crippen LogP contribution is -2.23. The lowest BCUT2D eigenvalue weighted by Gasteiger charge is -2.16. The van der Waals surface area contributed by atoms with Crippen LogP contribution >= 0.6 is 8.58 Å². The zero-order valence-corrected chi connectivity index (χ0v) is 11.8. The summed E-state index contributed by atoms with van der Waals surface area (Å²) in [6, 6.07) is 0. The van der Waals surface area contributed by atoms with Crippen LogP contribution in [0, 0.1) is 0 Å². The maximum Gasteiger partial charge on any atom is 0.161 e. The van der Waals surface area contributed by atoms with Crippen LogP contribution in [0.2, 0.25) is 0 Å². The van der Waals surface area contributed by atoms with Crippen LogP contribution in [0.5, 0.6) is 0 Å². The summed E-state index contributed by atoms with van der Waals surface area (Å²) in [7, 11) is 2.61. The molecule has 0 aliphatic rings. The van der Waals surface area contributed by atoms with Crippen molar-refractivity contribution in [2.45, 2.75) is 20.1 Å². The molecule has 0 saturated carbocycles. The van der Waals surface area contributed by atoms with E-state index in [1.54, 1.807) is 7.11 Å². The first-order chi connectivity index (χ1) is 7.85. The third kappa shape index (κ3) is 10.8. The predicted octanol–water partition coefficient (Wildman–Crippen LogP) is 1.30. The summed E-state index contributed by atoms with van der Waals surface area (Å²) in [5, 5.41) is 3.32. The van der Waals surface area contributed by atoms with Crippen LogP contribution in [0.25, 0.3) is 0 Å². The van der Waals surface area contributed by atoms with Crippen molar-refractivity contribution in [1.82, 2.24) is 5.32 Å². The molecule has 0 aromatic heterocycles. The molecule has 1 atom stereocenters. The SMILES string of the molecule is CCOC(CPCCNCCOC)OCC. The first-order valence-electron chi connectivity index (χ1n) is 5.98. The highest BCUT2D eigenvalue weighted by molar-refractivity contribution is 7.38. The molecular weight excluding hydrogens is 225 g/mol. The summed E-state index contributed by atoms with van der Waals surface area (Å²) >= 11 is 0. The second-order valence-corrected chi connectivity index (χ2v) is 4.70. The quantitative estimate of drug-likeness (QED) is 0.322. The van der Waals surface area contributed by atoms with Crippen LogP contribution in [0.3, 0.4) is 0 Å². The van der Waals surface area contributed by atoms with E-state index in [9.17, 15) is 0 Å². The summed E-state index contributed by atoms with van der Waals surface area (Å²) in [5.41, 5.74) is 0. The maximum absolute atomic E-state index is 5.47. The molecule has 0 saturated heterocycles. The molecule has 5 heteroatoms. The smallest absolute Gasteiger partial charge is 0.161 e. The number of nitrogens with one attached hydrogen (secondary N) is 1. The third-order valence-electron chi connectivity index (χ3n) is 1.98. The molecule has 0 aliphatic heterocycles. The van der Waals surface area contributed by atoms with Crippen LogP contribution in [0.1, 0.15) is 13.8 Å². The van der Waals surface area contributed by atoms with E-state index in [0.717, 1.165) is 47.7 Å². The van der Waals surface area contributed by atoms with Crippen molar-refractivity contribution < 1.29 is 14.2 Å². The summed E-state index contributed by atoms with van der Waals surface area (Å²) in [5.74, 6) is 0. The molecular formula is C11H26NO3P.